The van der Waals surface area contributed by atoms with Gasteiger partial charge in [0.1, 0.15) is 17.1 Å². The van der Waals surface area contributed by atoms with Crippen LogP contribution in [-0.2, 0) is 14.4 Å². The van der Waals surface area contributed by atoms with Gasteiger partial charge in [-0.25, -0.2) is 9.59 Å². The normalized spacial score (nSPS) is 12.8. The molecule has 2 amide bonds. The molecule has 10 heteroatoms. The molecule has 2 aromatic carbocycles. The van der Waals surface area contributed by atoms with Crippen molar-refractivity contribution in [1.82, 2.24) is 4.90 Å². The molecule has 0 aliphatic carbocycles. The number of amidine groups is 1. The van der Waals surface area contributed by atoms with Crippen molar-refractivity contribution in [3.8, 4) is 5.75 Å². The Balaban J connectivity index is 2.28. The van der Waals surface area contributed by atoms with Gasteiger partial charge in [-0.15, -0.1) is 0 Å². The number of nitrogens with zero attached hydrogens (tertiary/aromatic N) is 1. The van der Waals surface area contributed by atoms with Gasteiger partial charge in [0.25, 0.3) is 0 Å². The van der Waals surface area contributed by atoms with Crippen LogP contribution < -0.4 is 16.2 Å². The number of hydrogen-bond donors (Lipinski definition) is 4. The summed E-state index contributed by atoms with van der Waals surface area (Å²) in [4.78, 5) is 50.8. The minimum Gasteiger partial charge on any atom is -0.479 e. The first-order valence-electron chi connectivity index (χ1n) is 11.7. The fourth-order valence-corrected chi connectivity index (χ4v) is 4.00. The number of nitrogens with two attached hydrogens (primary N) is 2. The topological polar surface area (TPSA) is 177 Å². The largest absolute Gasteiger partial charge is 0.479 e. The fraction of sp³-hybridized carbons (Fsp3) is 0.296. The number of carbonyl (C=O) groups excluding carboxylic acids is 3. The summed E-state index contributed by atoms with van der Waals surface area (Å²) >= 11 is 0. The summed E-state index contributed by atoms with van der Waals surface area (Å²) in [5.74, 6) is -2.80. The Hall–Kier alpha value is -4.47. The van der Waals surface area contributed by atoms with Crippen LogP contribution in [0.4, 0.5) is 0 Å². The van der Waals surface area contributed by atoms with Crippen LogP contribution in [0, 0.1) is 5.41 Å². The van der Waals surface area contributed by atoms with Crippen molar-refractivity contribution in [2.75, 3.05) is 6.54 Å². The summed E-state index contributed by atoms with van der Waals surface area (Å²) in [6, 6.07) is 12.6. The Kier molecular flexibility index (Phi) is 9.70. The summed E-state index contributed by atoms with van der Waals surface area (Å²) in [6.07, 6.45) is 1.38. The number of nitrogens with one attached hydrogen (secondary N) is 1. The molecular formula is C27H32N4O6. The van der Waals surface area contributed by atoms with E-state index in [1.54, 1.807) is 63.2 Å². The lowest BCUT2D eigenvalue weighted by Crippen LogP contribution is -2.57. The molecule has 0 aliphatic rings. The predicted molar refractivity (Wildman–Crippen MR) is 139 cm³/mol. The number of likely N-dealkylation sites (N-methyl/N-ethyl adjacent to an activating group) is 1. The van der Waals surface area contributed by atoms with E-state index in [4.69, 9.17) is 21.6 Å². The van der Waals surface area contributed by atoms with E-state index in [1.807, 2.05) is 0 Å². The van der Waals surface area contributed by atoms with Crippen LogP contribution in [0.5, 0.6) is 5.75 Å². The van der Waals surface area contributed by atoms with E-state index >= 15 is 0 Å². The zero-order valence-corrected chi connectivity index (χ0v) is 21.1. The van der Waals surface area contributed by atoms with Gasteiger partial charge in [0.05, 0.1) is 5.56 Å². The number of carbonyl (C=O) groups is 4. The lowest BCUT2D eigenvalue weighted by Gasteiger charge is -2.39. The van der Waals surface area contributed by atoms with Crippen molar-refractivity contribution in [3.63, 3.8) is 0 Å². The van der Waals surface area contributed by atoms with E-state index in [1.165, 1.54) is 17.0 Å². The molecule has 0 fully saturated rings. The molecule has 0 heterocycles. The molecule has 1 atom stereocenters. The highest BCUT2D eigenvalue weighted by molar-refractivity contribution is 6.01. The van der Waals surface area contributed by atoms with Gasteiger partial charge in [0.2, 0.25) is 11.8 Å². The molecular weight excluding hydrogens is 476 g/mol. The Bertz CT molecular complexity index is 1220. The average molecular weight is 509 g/mol. The summed E-state index contributed by atoms with van der Waals surface area (Å²) < 4.78 is 5.38. The van der Waals surface area contributed by atoms with E-state index < -0.39 is 29.3 Å². The number of carboxylic acids is 1. The highest BCUT2D eigenvalue weighted by Crippen LogP contribution is 2.28. The first-order chi connectivity index (χ1) is 17.4. The number of amides is 2. The molecule has 2 rings (SSSR count). The van der Waals surface area contributed by atoms with Gasteiger partial charge < -0.3 is 26.2 Å². The van der Waals surface area contributed by atoms with Crippen molar-refractivity contribution in [2.45, 2.75) is 45.6 Å². The summed E-state index contributed by atoms with van der Waals surface area (Å²) in [6.45, 7) is 4.98. The van der Waals surface area contributed by atoms with Gasteiger partial charge in [-0.05, 0) is 74.7 Å². The number of aliphatic carboxylic acids is 1. The highest BCUT2D eigenvalue weighted by atomic mass is 16.5. The van der Waals surface area contributed by atoms with Crippen molar-refractivity contribution >= 4 is 35.7 Å². The summed E-state index contributed by atoms with van der Waals surface area (Å²) in [5.41, 5.74) is 10.6. The molecule has 0 aliphatic heterocycles. The standard InChI is InChI=1S/C27H32N4O6/c1-4-27(26(35)36,14-13-22(28)32)31(5-2)24(33)17(3)15-18-7-6-8-20(16-18)25(34)37-21-11-9-19(10-12-21)23(29)30/h6-12,15-16H,4-5,13-14H2,1-3H3,(H2,28,32)(H3,29,30)(H,35,36)/b17-15+/t27-/m0/s1. The fourth-order valence-electron chi connectivity index (χ4n) is 4.00. The lowest BCUT2D eigenvalue weighted by atomic mass is 9.87. The zero-order chi connectivity index (χ0) is 27.8. The molecule has 0 saturated carbocycles. The SMILES string of the molecule is CCN(C(=O)/C(C)=C/c1cccc(C(=O)Oc2ccc(C(=N)N)cc2)c1)[C@@](CC)(CCC(N)=O)C(=O)O. The van der Waals surface area contributed by atoms with Crippen LogP contribution >= 0.6 is 0 Å². The first kappa shape index (κ1) is 28.8. The molecule has 37 heavy (non-hydrogen) atoms. The van der Waals surface area contributed by atoms with Crippen molar-refractivity contribution in [3.05, 3.63) is 70.8 Å². The summed E-state index contributed by atoms with van der Waals surface area (Å²) in [5, 5.41) is 17.4. The minimum absolute atomic E-state index is 0.0944. The first-order valence-corrected chi connectivity index (χ1v) is 11.7. The van der Waals surface area contributed by atoms with E-state index in [2.05, 4.69) is 0 Å². The van der Waals surface area contributed by atoms with Crippen LogP contribution in [0.15, 0.2) is 54.1 Å². The molecule has 0 spiro atoms. The lowest BCUT2D eigenvalue weighted by molar-refractivity contribution is -0.159. The maximum atomic E-state index is 13.3. The number of primary amides is 1. The van der Waals surface area contributed by atoms with E-state index in [0.29, 0.717) is 11.1 Å². The number of ether oxygens (including phenoxy) is 1. The Labute approximate surface area is 215 Å². The van der Waals surface area contributed by atoms with Gasteiger partial charge in [-0.3, -0.25) is 15.0 Å². The second kappa shape index (κ2) is 12.5. The van der Waals surface area contributed by atoms with Crippen LogP contribution in [0.2, 0.25) is 0 Å². The van der Waals surface area contributed by atoms with Crippen LogP contribution in [-0.4, -0.2) is 51.7 Å². The number of benzene rings is 2. The Morgan fingerprint density at radius 2 is 1.70 bits per heavy atom. The zero-order valence-electron chi connectivity index (χ0n) is 21.1. The quantitative estimate of drug-likeness (QED) is 0.112. The Morgan fingerprint density at radius 1 is 1.05 bits per heavy atom. The summed E-state index contributed by atoms with van der Waals surface area (Å²) in [7, 11) is 0. The minimum atomic E-state index is -1.58. The van der Waals surface area contributed by atoms with Crippen LogP contribution in [0.3, 0.4) is 0 Å². The van der Waals surface area contributed by atoms with Crippen molar-refractivity contribution in [1.29, 1.82) is 5.41 Å². The van der Waals surface area contributed by atoms with E-state index in [-0.39, 0.29) is 48.5 Å². The monoisotopic (exact) mass is 508 g/mol. The van der Waals surface area contributed by atoms with Crippen molar-refractivity contribution < 1.29 is 29.0 Å². The van der Waals surface area contributed by atoms with E-state index in [9.17, 15) is 24.3 Å². The number of hydrogen-bond acceptors (Lipinski definition) is 6. The van der Waals surface area contributed by atoms with E-state index in [0.717, 1.165) is 0 Å². The van der Waals surface area contributed by atoms with Crippen molar-refractivity contribution in [2.24, 2.45) is 11.5 Å². The maximum absolute atomic E-state index is 13.3. The molecule has 0 bridgehead atoms. The number of esters is 1. The third kappa shape index (κ3) is 7.03. The molecule has 0 aromatic heterocycles. The number of carboxylic acid groups (broad SMARTS) is 1. The van der Waals surface area contributed by atoms with Gasteiger partial charge in [-0.2, -0.15) is 0 Å². The van der Waals surface area contributed by atoms with Crippen LogP contribution in [0.1, 0.15) is 61.5 Å². The number of nitrogen functional groups attached to an aromatic ring is 1. The highest BCUT2D eigenvalue weighted by Gasteiger charge is 2.44. The molecule has 0 saturated heterocycles. The second-order valence-corrected chi connectivity index (χ2v) is 8.49. The van der Waals surface area contributed by atoms with Gasteiger partial charge in [0, 0.05) is 24.1 Å². The maximum Gasteiger partial charge on any atom is 0.343 e. The molecule has 10 nitrogen and oxygen atoms in total. The smallest absolute Gasteiger partial charge is 0.343 e. The van der Waals surface area contributed by atoms with Gasteiger partial charge in [-0.1, -0.05) is 19.1 Å². The molecule has 2 aromatic rings. The van der Waals surface area contributed by atoms with Gasteiger partial charge >= 0.3 is 11.9 Å². The van der Waals surface area contributed by atoms with Gasteiger partial charge in [0.15, 0.2) is 0 Å². The second-order valence-electron chi connectivity index (χ2n) is 8.49. The van der Waals surface area contributed by atoms with Crippen LogP contribution in [0.25, 0.3) is 6.08 Å². The molecule has 0 unspecified atom stereocenters. The molecule has 0 radical (unpaired) electrons. The third-order valence-electron chi connectivity index (χ3n) is 6.06. The average Bonchev–Trinajstić information content (AvgIpc) is 2.86. The molecule has 196 valence electrons. The Morgan fingerprint density at radius 3 is 2.22 bits per heavy atom. The predicted octanol–water partition coefficient (Wildman–Crippen LogP) is 2.94. The third-order valence-corrected chi connectivity index (χ3v) is 6.06. The number of rotatable bonds is 12. The molecule has 6 N–H and O–H groups in total.